The molecule has 0 radical (unpaired) electrons. The van der Waals surface area contributed by atoms with Crippen molar-refractivity contribution in [2.24, 2.45) is 0 Å². The minimum Gasteiger partial charge on any atom is -0.454 e. The molecular weight excluding hydrogens is 344 g/mol. The van der Waals surface area contributed by atoms with E-state index in [4.69, 9.17) is 9.47 Å². The molecule has 0 unspecified atom stereocenters. The summed E-state index contributed by atoms with van der Waals surface area (Å²) in [5.74, 6) is 1.35. The fraction of sp³-hybridized carbons (Fsp3) is 0.200. The summed E-state index contributed by atoms with van der Waals surface area (Å²) in [6, 6.07) is 9.28. The molecule has 0 aliphatic carbocycles. The van der Waals surface area contributed by atoms with Gasteiger partial charge in [-0.15, -0.1) is 0 Å². The molecule has 0 saturated carbocycles. The highest BCUT2D eigenvalue weighted by Gasteiger charge is 2.20. The van der Waals surface area contributed by atoms with Crippen molar-refractivity contribution in [1.82, 2.24) is 14.9 Å². The number of ether oxygens (including phenoxy) is 2. The van der Waals surface area contributed by atoms with Gasteiger partial charge in [-0.2, -0.15) is 0 Å². The predicted molar refractivity (Wildman–Crippen MR) is 102 cm³/mol. The molecule has 0 spiro atoms. The Morgan fingerprint density at radius 3 is 3.04 bits per heavy atom. The molecule has 136 valence electrons. The van der Waals surface area contributed by atoms with Crippen LogP contribution in [0, 0.1) is 0 Å². The standard InChI is InChI=1S/C20H18N4O3/c25-20(23-14-3-4-17-18(10-14)27-12-26-17)24-8-5-13(6-9-24)16-11-22-19-15(16)2-1-7-21-19/h1-5,7,10-11H,6,8-9,12H2,(H,21,22)(H,23,25). The number of carbonyl (C=O) groups is 1. The van der Waals surface area contributed by atoms with Crippen LogP contribution in [0.25, 0.3) is 16.6 Å². The lowest BCUT2D eigenvalue weighted by Crippen LogP contribution is -2.37. The van der Waals surface area contributed by atoms with Gasteiger partial charge < -0.3 is 24.7 Å². The average molecular weight is 362 g/mol. The van der Waals surface area contributed by atoms with Crippen LogP contribution in [0.1, 0.15) is 12.0 Å². The second-order valence-corrected chi connectivity index (χ2v) is 6.53. The zero-order chi connectivity index (χ0) is 18.2. The smallest absolute Gasteiger partial charge is 0.322 e. The van der Waals surface area contributed by atoms with Gasteiger partial charge in [0, 0.05) is 48.2 Å². The molecule has 0 bridgehead atoms. The number of aromatic nitrogens is 2. The molecule has 7 heteroatoms. The Morgan fingerprint density at radius 2 is 2.15 bits per heavy atom. The van der Waals surface area contributed by atoms with Crippen LogP contribution in [0.3, 0.4) is 0 Å². The topological polar surface area (TPSA) is 79.5 Å². The van der Waals surface area contributed by atoms with Crippen molar-refractivity contribution >= 4 is 28.3 Å². The van der Waals surface area contributed by atoms with Crippen LogP contribution < -0.4 is 14.8 Å². The molecule has 3 aromatic rings. The molecular formula is C20H18N4O3. The van der Waals surface area contributed by atoms with Gasteiger partial charge in [-0.05, 0) is 36.3 Å². The zero-order valence-corrected chi connectivity index (χ0v) is 14.6. The minimum atomic E-state index is -0.121. The summed E-state index contributed by atoms with van der Waals surface area (Å²) < 4.78 is 10.6. The number of hydrogen-bond acceptors (Lipinski definition) is 4. The first kappa shape index (κ1) is 15.7. The number of aromatic amines is 1. The molecule has 2 aliphatic heterocycles. The molecule has 0 fully saturated rings. The van der Waals surface area contributed by atoms with Gasteiger partial charge in [0.1, 0.15) is 5.65 Å². The van der Waals surface area contributed by atoms with Crippen LogP contribution >= 0.6 is 0 Å². The average Bonchev–Trinajstić information content (AvgIpc) is 3.34. The van der Waals surface area contributed by atoms with E-state index in [0.29, 0.717) is 30.3 Å². The first-order chi connectivity index (χ1) is 13.3. The molecule has 5 rings (SSSR count). The predicted octanol–water partition coefficient (Wildman–Crippen LogP) is 3.61. The van der Waals surface area contributed by atoms with Crippen LogP contribution in [0.5, 0.6) is 11.5 Å². The van der Waals surface area contributed by atoms with Gasteiger partial charge in [0.15, 0.2) is 11.5 Å². The van der Waals surface area contributed by atoms with Gasteiger partial charge in [0.2, 0.25) is 6.79 Å². The normalized spacial score (nSPS) is 15.7. The fourth-order valence-corrected chi connectivity index (χ4v) is 3.50. The van der Waals surface area contributed by atoms with E-state index in [2.05, 4.69) is 27.4 Å². The highest BCUT2D eigenvalue weighted by Crippen LogP contribution is 2.34. The second-order valence-electron chi connectivity index (χ2n) is 6.53. The molecule has 27 heavy (non-hydrogen) atoms. The summed E-state index contributed by atoms with van der Waals surface area (Å²) >= 11 is 0. The third-order valence-corrected chi connectivity index (χ3v) is 4.92. The van der Waals surface area contributed by atoms with Crippen molar-refractivity contribution in [2.75, 3.05) is 25.2 Å². The van der Waals surface area contributed by atoms with Crippen molar-refractivity contribution in [3.8, 4) is 11.5 Å². The molecule has 2 aliphatic rings. The van der Waals surface area contributed by atoms with Crippen molar-refractivity contribution in [2.45, 2.75) is 6.42 Å². The number of carbonyl (C=O) groups excluding carboxylic acids is 1. The van der Waals surface area contributed by atoms with Gasteiger partial charge in [0.25, 0.3) is 0 Å². The first-order valence-corrected chi connectivity index (χ1v) is 8.85. The van der Waals surface area contributed by atoms with Gasteiger partial charge in [0.05, 0.1) is 0 Å². The van der Waals surface area contributed by atoms with E-state index in [1.165, 1.54) is 5.57 Å². The summed E-state index contributed by atoms with van der Waals surface area (Å²) in [5, 5.41) is 4.04. The lowest BCUT2D eigenvalue weighted by atomic mass is 10.00. The maximum atomic E-state index is 12.6. The van der Waals surface area contributed by atoms with Gasteiger partial charge >= 0.3 is 6.03 Å². The Hall–Kier alpha value is -3.48. The lowest BCUT2D eigenvalue weighted by molar-refractivity contribution is 0.174. The van der Waals surface area contributed by atoms with Crippen LogP contribution in [-0.4, -0.2) is 40.8 Å². The van der Waals surface area contributed by atoms with Crippen LogP contribution in [0.2, 0.25) is 0 Å². The Balaban J connectivity index is 1.29. The molecule has 1 aromatic carbocycles. The number of urea groups is 1. The number of anilines is 1. The summed E-state index contributed by atoms with van der Waals surface area (Å²) in [6.45, 7) is 1.45. The van der Waals surface area contributed by atoms with E-state index in [0.717, 1.165) is 23.0 Å². The lowest BCUT2D eigenvalue weighted by Gasteiger charge is -2.26. The Morgan fingerprint density at radius 1 is 1.22 bits per heavy atom. The van der Waals surface area contributed by atoms with E-state index >= 15 is 0 Å². The molecule has 4 heterocycles. The third-order valence-electron chi connectivity index (χ3n) is 4.92. The number of nitrogens with one attached hydrogen (secondary N) is 2. The third kappa shape index (κ3) is 2.87. The van der Waals surface area contributed by atoms with Crippen LogP contribution in [-0.2, 0) is 0 Å². The van der Waals surface area contributed by atoms with Gasteiger partial charge in [-0.25, -0.2) is 9.78 Å². The Bertz CT molecular complexity index is 1060. The van der Waals surface area contributed by atoms with E-state index in [1.54, 1.807) is 23.2 Å². The van der Waals surface area contributed by atoms with Crippen molar-refractivity contribution < 1.29 is 14.3 Å². The van der Waals surface area contributed by atoms with Gasteiger partial charge in [-0.1, -0.05) is 6.08 Å². The highest BCUT2D eigenvalue weighted by atomic mass is 16.7. The van der Waals surface area contributed by atoms with Crippen molar-refractivity contribution in [3.63, 3.8) is 0 Å². The summed E-state index contributed by atoms with van der Waals surface area (Å²) in [4.78, 5) is 21.9. The largest absolute Gasteiger partial charge is 0.454 e. The Kier molecular flexibility index (Phi) is 3.71. The number of hydrogen-bond donors (Lipinski definition) is 2. The number of H-pyrrole nitrogens is 1. The number of fused-ring (bicyclic) bond motifs is 2. The highest BCUT2D eigenvalue weighted by molar-refractivity contribution is 5.93. The first-order valence-electron chi connectivity index (χ1n) is 8.85. The summed E-state index contributed by atoms with van der Waals surface area (Å²) in [6.07, 6.45) is 6.68. The zero-order valence-electron chi connectivity index (χ0n) is 14.6. The number of amides is 2. The maximum Gasteiger partial charge on any atom is 0.322 e. The maximum absolute atomic E-state index is 12.6. The quantitative estimate of drug-likeness (QED) is 0.730. The van der Waals surface area contributed by atoms with Crippen molar-refractivity contribution in [3.05, 3.63) is 54.4 Å². The number of nitrogens with zero attached hydrogens (tertiary/aromatic N) is 2. The number of rotatable bonds is 2. The summed E-state index contributed by atoms with van der Waals surface area (Å²) in [5.41, 5.74) is 3.98. The van der Waals surface area contributed by atoms with E-state index in [1.807, 2.05) is 18.3 Å². The second kappa shape index (κ2) is 6.35. The molecule has 0 saturated heterocycles. The van der Waals surface area contributed by atoms with Crippen LogP contribution in [0.15, 0.2) is 48.8 Å². The van der Waals surface area contributed by atoms with E-state index < -0.39 is 0 Å². The van der Waals surface area contributed by atoms with Crippen molar-refractivity contribution in [1.29, 1.82) is 0 Å². The van der Waals surface area contributed by atoms with E-state index in [-0.39, 0.29) is 12.8 Å². The molecule has 2 N–H and O–H groups in total. The minimum absolute atomic E-state index is 0.121. The number of benzene rings is 1. The van der Waals surface area contributed by atoms with Crippen LogP contribution in [0.4, 0.5) is 10.5 Å². The Labute approximate surface area is 155 Å². The molecule has 2 aromatic heterocycles. The summed E-state index contributed by atoms with van der Waals surface area (Å²) in [7, 11) is 0. The SMILES string of the molecule is O=C(Nc1ccc2c(c1)OCO2)N1CC=C(c2c[nH]c3ncccc23)CC1. The molecule has 0 atom stereocenters. The number of pyridine rings is 1. The molecule has 2 amide bonds. The van der Waals surface area contributed by atoms with E-state index in [9.17, 15) is 4.79 Å². The monoisotopic (exact) mass is 362 g/mol. The molecule has 7 nitrogen and oxygen atoms in total. The fourth-order valence-electron chi connectivity index (χ4n) is 3.50. The van der Waals surface area contributed by atoms with Gasteiger partial charge in [-0.3, -0.25) is 0 Å².